The monoisotopic (exact) mass is 462 g/mol. The van der Waals surface area contributed by atoms with Gasteiger partial charge in [-0.05, 0) is 62.9 Å². The highest BCUT2D eigenvalue weighted by Gasteiger charge is 2.14. The molecular formula is C27H46N2O4. The van der Waals surface area contributed by atoms with Crippen LogP contribution in [0.4, 0.5) is 0 Å². The van der Waals surface area contributed by atoms with E-state index in [1.165, 1.54) is 50.8 Å². The molecule has 0 aromatic heterocycles. The van der Waals surface area contributed by atoms with Crippen molar-refractivity contribution in [2.24, 2.45) is 5.92 Å². The van der Waals surface area contributed by atoms with Crippen LogP contribution >= 0.6 is 0 Å². The second kappa shape index (κ2) is 16.8. The van der Waals surface area contributed by atoms with Crippen molar-refractivity contribution in [3.05, 3.63) is 23.8 Å². The summed E-state index contributed by atoms with van der Waals surface area (Å²) in [5, 5.41) is 3.13. The number of benzene rings is 1. The van der Waals surface area contributed by atoms with Crippen LogP contribution in [-0.4, -0.2) is 64.4 Å². The van der Waals surface area contributed by atoms with E-state index >= 15 is 0 Å². The minimum Gasteiger partial charge on any atom is -0.493 e. The van der Waals surface area contributed by atoms with E-state index in [2.05, 4.69) is 29.3 Å². The zero-order valence-corrected chi connectivity index (χ0v) is 21.2. The number of carbonyl (C=O) groups excluding carboxylic acids is 1. The molecule has 188 valence electrons. The summed E-state index contributed by atoms with van der Waals surface area (Å²) in [6.45, 7) is 7.52. The third-order valence-corrected chi connectivity index (χ3v) is 6.45. The zero-order valence-electron chi connectivity index (χ0n) is 21.2. The highest BCUT2D eigenvalue weighted by Crippen LogP contribution is 2.29. The number of ether oxygens (including phenoxy) is 3. The number of unbranched alkanes of at least 4 members (excludes halogenated alkanes) is 3. The molecule has 6 nitrogen and oxygen atoms in total. The molecule has 6 heteroatoms. The minimum atomic E-state index is 0.103. The molecular weight excluding hydrogens is 416 g/mol. The van der Waals surface area contributed by atoms with Crippen molar-refractivity contribution < 1.29 is 19.0 Å². The Morgan fingerprint density at radius 3 is 2.55 bits per heavy atom. The van der Waals surface area contributed by atoms with Crippen molar-refractivity contribution in [2.45, 2.75) is 71.1 Å². The second-order valence-corrected chi connectivity index (χ2v) is 9.23. The molecule has 1 heterocycles. The third-order valence-electron chi connectivity index (χ3n) is 6.45. The summed E-state index contributed by atoms with van der Waals surface area (Å²) < 4.78 is 16.4. The molecule has 1 amide bonds. The highest BCUT2D eigenvalue weighted by molar-refractivity contribution is 5.78. The molecule has 1 fully saturated rings. The van der Waals surface area contributed by atoms with Gasteiger partial charge >= 0.3 is 0 Å². The number of amides is 1. The standard InChI is InChI=1S/C27H46N2O4/c1-23(27(30)28-16-19-29-17-9-6-10-18-29)12-7-4-5-8-13-24-14-15-25(32-3)26(22-24)33-21-11-20-31-2/h14-15,22-23H,4-13,16-21H2,1-3H3,(H,28,30)/t23-/m1/s1. The maximum Gasteiger partial charge on any atom is 0.222 e. The van der Waals surface area contributed by atoms with Gasteiger partial charge in [0.05, 0.1) is 13.7 Å². The van der Waals surface area contributed by atoms with Crippen LogP contribution in [0.5, 0.6) is 11.5 Å². The van der Waals surface area contributed by atoms with Crippen LogP contribution in [0.1, 0.15) is 70.3 Å². The molecule has 1 N–H and O–H groups in total. The molecule has 0 aliphatic carbocycles. The fourth-order valence-corrected chi connectivity index (χ4v) is 4.33. The lowest BCUT2D eigenvalue weighted by Crippen LogP contribution is -2.39. The van der Waals surface area contributed by atoms with Crippen LogP contribution in [0.3, 0.4) is 0 Å². The summed E-state index contributed by atoms with van der Waals surface area (Å²) in [5.41, 5.74) is 1.28. The summed E-state index contributed by atoms with van der Waals surface area (Å²) in [6.07, 6.45) is 11.4. The summed E-state index contributed by atoms with van der Waals surface area (Å²) in [6, 6.07) is 6.21. The number of carbonyl (C=O) groups is 1. The summed E-state index contributed by atoms with van der Waals surface area (Å²) >= 11 is 0. The van der Waals surface area contributed by atoms with E-state index in [1.807, 2.05) is 6.07 Å². The van der Waals surface area contributed by atoms with Crippen LogP contribution < -0.4 is 14.8 Å². The first kappa shape index (κ1) is 27.5. The first-order valence-electron chi connectivity index (χ1n) is 12.9. The molecule has 1 aromatic rings. The number of rotatable bonds is 17. The van der Waals surface area contributed by atoms with Gasteiger partial charge in [0.25, 0.3) is 0 Å². The maximum atomic E-state index is 12.3. The molecule has 0 spiro atoms. The second-order valence-electron chi connectivity index (χ2n) is 9.23. The van der Waals surface area contributed by atoms with Gasteiger partial charge in [0.15, 0.2) is 11.5 Å². The molecule has 0 radical (unpaired) electrons. The quantitative estimate of drug-likeness (QED) is 0.336. The van der Waals surface area contributed by atoms with Gasteiger partial charge in [-0.25, -0.2) is 0 Å². The molecule has 2 rings (SSSR count). The Balaban J connectivity index is 1.56. The van der Waals surface area contributed by atoms with Gasteiger partial charge in [0.2, 0.25) is 5.91 Å². The molecule has 1 saturated heterocycles. The van der Waals surface area contributed by atoms with E-state index in [4.69, 9.17) is 14.2 Å². The molecule has 1 atom stereocenters. The summed E-state index contributed by atoms with van der Waals surface area (Å²) in [5.74, 6) is 1.90. The largest absolute Gasteiger partial charge is 0.493 e. The zero-order chi connectivity index (χ0) is 23.7. The fourth-order valence-electron chi connectivity index (χ4n) is 4.33. The number of likely N-dealkylation sites (tertiary alicyclic amines) is 1. The van der Waals surface area contributed by atoms with Gasteiger partial charge in [-0.2, -0.15) is 0 Å². The van der Waals surface area contributed by atoms with E-state index in [1.54, 1.807) is 14.2 Å². The third kappa shape index (κ3) is 11.3. The van der Waals surface area contributed by atoms with Gasteiger partial charge < -0.3 is 24.4 Å². The summed E-state index contributed by atoms with van der Waals surface area (Å²) in [7, 11) is 3.38. The molecule has 0 saturated carbocycles. The summed E-state index contributed by atoms with van der Waals surface area (Å²) in [4.78, 5) is 14.8. The van der Waals surface area contributed by atoms with Crippen molar-refractivity contribution in [1.82, 2.24) is 10.2 Å². The van der Waals surface area contributed by atoms with Gasteiger partial charge in [-0.3, -0.25) is 4.79 Å². The predicted octanol–water partition coefficient (Wildman–Crippen LogP) is 4.84. The first-order chi connectivity index (χ1) is 16.1. The Morgan fingerprint density at radius 1 is 1.00 bits per heavy atom. The van der Waals surface area contributed by atoms with Crippen LogP contribution in [0.2, 0.25) is 0 Å². The number of hydrogen-bond donors (Lipinski definition) is 1. The molecule has 0 bridgehead atoms. The predicted molar refractivity (Wildman–Crippen MR) is 134 cm³/mol. The van der Waals surface area contributed by atoms with Gasteiger partial charge in [0.1, 0.15) is 0 Å². The Hall–Kier alpha value is -1.79. The van der Waals surface area contributed by atoms with Crippen LogP contribution in [0, 0.1) is 5.92 Å². The maximum absolute atomic E-state index is 12.3. The van der Waals surface area contributed by atoms with Crippen molar-refractivity contribution in [3.8, 4) is 11.5 Å². The SMILES string of the molecule is COCCCOc1cc(CCCCCC[C@@H](C)C(=O)NCCN2CCCCC2)ccc1OC. The lowest BCUT2D eigenvalue weighted by molar-refractivity contribution is -0.124. The van der Waals surface area contributed by atoms with E-state index in [-0.39, 0.29) is 11.8 Å². The van der Waals surface area contributed by atoms with E-state index in [9.17, 15) is 4.79 Å². The lowest BCUT2D eigenvalue weighted by Gasteiger charge is -2.26. The normalized spacial score (nSPS) is 15.2. The van der Waals surface area contributed by atoms with Crippen LogP contribution in [0.15, 0.2) is 18.2 Å². The van der Waals surface area contributed by atoms with Gasteiger partial charge in [-0.1, -0.05) is 38.7 Å². The average molecular weight is 463 g/mol. The van der Waals surface area contributed by atoms with Crippen molar-refractivity contribution in [2.75, 3.05) is 53.6 Å². The Kier molecular flexibility index (Phi) is 13.9. The Labute approximate surface area is 201 Å². The lowest BCUT2D eigenvalue weighted by atomic mass is 10.00. The Morgan fingerprint density at radius 2 is 1.79 bits per heavy atom. The van der Waals surface area contributed by atoms with Crippen LogP contribution in [-0.2, 0) is 16.0 Å². The molecule has 1 aliphatic rings. The number of nitrogens with one attached hydrogen (secondary N) is 1. The number of piperidine rings is 1. The fraction of sp³-hybridized carbons (Fsp3) is 0.741. The van der Waals surface area contributed by atoms with Crippen molar-refractivity contribution in [3.63, 3.8) is 0 Å². The number of nitrogens with zero attached hydrogens (tertiary/aromatic N) is 1. The first-order valence-corrected chi connectivity index (χ1v) is 12.9. The topological polar surface area (TPSA) is 60.0 Å². The van der Waals surface area contributed by atoms with Crippen LogP contribution in [0.25, 0.3) is 0 Å². The van der Waals surface area contributed by atoms with Crippen molar-refractivity contribution >= 4 is 5.91 Å². The highest BCUT2D eigenvalue weighted by atomic mass is 16.5. The average Bonchev–Trinajstić information content (AvgIpc) is 2.84. The van der Waals surface area contributed by atoms with E-state index in [0.717, 1.165) is 56.7 Å². The van der Waals surface area contributed by atoms with Crippen molar-refractivity contribution in [1.29, 1.82) is 0 Å². The molecule has 1 aromatic carbocycles. The molecule has 1 aliphatic heterocycles. The number of aryl methyl sites for hydroxylation is 1. The van der Waals surface area contributed by atoms with E-state index in [0.29, 0.717) is 13.2 Å². The molecule has 33 heavy (non-hydrogen) atoms. The minimum absolute atomic E-state index is 0.103. The number of methoxy groups -OCH3 is 2. The number of hydrogen-bond acceptors (Lipinski definition) is 5. The smallest absolute Gasteiger partial charge is 0.222 e. The van der Waals surface area contributed by atoms with Gasteiger partial charge in [0, 0.05) is 39.1 Å². The Bertz CT molecular complexity index is 662. The van der Waals surface area contributed by atoms with Gasteiger partial charge in [-0.15, -0.1) is 0 Å². The van der Waals surface area contributed by atoms with E-state index < -0.39 is 0 Å². The molecule has 0 unspecified atom stereocenters.